The molecule has 0 unspecified atom stereocenters. The van der Waals surface area contributed by atoms with Crippen LogP contribution in [0.4, 0.5) is 0 Å². The van der Waals surface area contributed by atoms with Gasteiger partial charge in [-0.3, -0.25) is 4.79 Å². The van der Waals surface area contributed by atoms with E-state index in [0.29, 0.717) is 18.3 Å². The van der Waals surface area contributed by atoms with Gasteiger partial charge in [-0.05, 0) is 25.2 Å². The third-order valence-corrected chi connectivity index (χ3v) is 5.85. The summed E-state index contributed by atoms with van der Waals surface area (Å²) in [7, 11) is 0. The number of carbonyl (C=O) groups excluding carboxylic acids is 1. The van der Waals surface area contributed by atoms with Crippen molar-refractivity contribution in [1.82, 2.24) is 20.1 Å². The zero-order valence-corrected chi connectivity index (χ0v) is 15.2. The van der Waals surface area contributed by atoms with E-state index in [2.05, 4.69) is 26.7 Å². The van der Waals surface area contributed by atoms with Gasteiger partial charge in [-0.25, -0.2) is 0 Å². The summed E-state index contributed by atoms with van der Waals surface area (Å²) in [5.74, 6) is 2.38. The van der Waals surface area contributed by atoms with Crippen LogP contribution < -0.4 is 5.32 Å². The Hall–Kier alpha value is -1.30. The van der Waals surface area contributed by atoms with E-state index in [1.807, 2.05) is 6.08 Å². The maximum absolute atomic E-state index is 11.9. The number of hydrogen-bond donors (Lipinski definition) is 1. The van der Waals surface area contributed by atoms with Crippen LogP contribution >= 0.6 is 11.8 Å². The van der Waals surface area contributed by atoms with Crippen molar-refractivity contribution in [2.24, 2.45) is 5.92 Å². The van der Waals surface area contributed by atoms with Gasteiger partial charge in [0.25, 0.3) is 0 Å². The Balaban J connectivity index is 1.54. The molecule has 132 valence electrons. The van der Waals surface area contributed by atoms with Gasteiger partial charge in [-0.2, -0.15) is 0 Å². The van der Waals surface area contributed by atoms with Crippen LogP contribution in [0.3, 0.4) is 0 Å². The first-order valence-corrected chi connectivity index (χ1v) is 10.2. The summed E-state index contributed by atoms with van der Waals surface area (Å²) >= 11 is 1.48. The molecule has 2 fully saturated rings. The molecule has 0 saturated heterocycles. The number of aryl methyl sites for hydroxylation is 1. The van der Waals surface area contributed by atoms with E-state index in [0.717, 1.165) is 36.2 Å². The molecule has 0 atom stereocenters. The van der Waals surface area contributed by atoms with E-state index in [9.17, 15) is 4.79 Å². The average Bonchev–Trinajstić information content (AvgIpc) is 3.33. The monoisotopic (exact) mass is 348 g/mol. The first-order chi connectivity index (χ1) is 11.8. The van der Waals surface area contributed by atoms with Crippen LogP contribution in [0.2, 0.25) is 0 Å². The number of nitrogens with one attached hydrogen (secondary N) is 1. The summed E-state index contributed by atoms with van der Waals surface area (Å²) < 4.78 is 2.12. The Morgan fingerprint density at radius 1 is 1.25 bits per heavy atom. The minimum absolute atomic E-state index is 0.0967. The van der Waals surface area contributed by atoms with Crippen LogP contribution in [0.1, 0.15) is 57.2 Å². The predicted molar refractivity (Wildman–Crippen MR) is 97.0 cm³/mol. The van der Waals surface area contributed by atoms with E-state index in [-0.39, 0.29) is 5.91 Å². The van der Waals surface area contributed by atoms with Crippen molar-refractivity contribution in [1.29, 1.82) is 0 Å². The van der Waals surface area contributed by atoms with Gasteiger partial charge < -0.3 is 9.88 Å². The maximum atomic E-state index is 11.9. The molecule has 2 saturated carbocycles. The molecule has 2 aliphatic carbocycles. The minimum atomic E-state index is 0.0967. The van der Waals surface area contributed by atoms with Gasteiger partial charge in [0, 0.05) is 19.0 Å². The van der Waals surface area contributed by atoms with Crippen molar-refractivity contribution < 1.29 is 4.79 Å². The van der Waals surface area contributed by atoms with Crippen molar-refractivity contribution in [2.45, 2.75) is 75.5 Å². The summed E-state index contributed by atoms with van der Waals surface area (Å²) in [5, 5.41) is 12.5. The molecule has 1 N–H and O–H groups in total. The number of amides is 1. The average molecular weight is 349 g/mol. The van der Waals surface area contributed by atoms with E-state index in [1.54, 1.807) is 0 Å². The van der Waals surface area contributed by atoms with Crippen molar-refractivity contribution in [3.63, 3.8) is 0 Å². The molecule has 1 aromatic rings. The highest BCUT2D eigenvalue weighted by Crippen LogP contribution is 2.28. The second kappa shape index (κ2) is 8.70. The number of rotatable bonds is 9. The zero-order valence-electron chi connectivity index (χ0n) is 14.4. The first-order valence-electron chi connectivity index (χ1n) is 9.21. The standard InChI is InChI=1S/C18H28N4OS/c1-2-12-22-16(11-8-14-6-4-3-5-7-14)20-21-18(22)24-13-17(23)19-15-9-10-15/h2,14-15H,1,3-13H2,(H,19,23). The van der Waals surface area contributed by atoms with Gasteiger partial charge in [-0.15, -0.1) is 16.8 Å². The number of carbonyl (C=O) groups is 1. The Bertz CT molecular complexity index is 561. The smallest absolute Gasteiger partial charge is 0.230 e. The second-order valence-corrected chi connectivity index (χ2v) is 7.91. The Kier molecular flexibility index (Phi) is 6.35. The quantitative estimate of drug-likeness (QED) is 0.549. The highest BCUT2D eigenvalue weighted by atomic mass is 32.2. The van der Waals surface area contributed by atoms with Crippen LogP contribution in [0.15, 0.2) is 17.8 Å². The largest absolute Gasteiger partial charge is 0.353 e. The van der Waals surface area contributed by atoms with E-state index >= 15 is 0 Å². The molecule has 0 radical (unpaired) electrons. The summed E-state index contributed by atoms with van der Waals surface area (Å²) in [6.07, 6.45) is 13.2. The number of nitrogens with zero attached hydrogens (tertiary/aromatic N) is 3. The van der Waals surface area contributed by atoms with Crippen molar-refractivity contribution in [3.8, 4) is 0 Å². The number of allylic oxidation sites excluding steroid dienone is 1. The summed E-state index contributed by atoms with van der Waals surface area (Å²) in [4.78, 5) is 11.9. The molecule has 6 heteroatoms. The van der Waals surface area contributed by atoms with Gasteiger partial charge in [0.2, 0.25) is 5.91 Å². The van der Waals surface area contributed by atoms with Crippen molar-refractivity contribution in [3.05, 3.63) is 18.5 Å². The molecule has 0 bridgehead atoms. The molecule has 5 nitrogen and oxygen atoms in total. The molecule has 0 aromatic carbocycles. The number of aromatic nitrogens is 3. The maximum Gasteiger partial charge on any atom is 0.230 e. The Morgan fingerprint density at radius 3 is 2.75 bits per heavy atom. The van der Waals surface area contributed by atoms with Crippen LogP contribution in [0, 0.1) is 5.92 Å². The van der Waals surface area contributed by atoms with E-state index in [1.165, 1.54) is 50.3 Å². The lowest BCUT2D eigenvalue weighted by Gasteiger charge is -2.21. The van der Waals surface area contributed by atoms with E-state index < -0.39 is 0 Å². The lowest BCUT2D eigenvalue weighted by molar-refractivity contribution is -0.118. The zero-order chi connectivity index (χ0) is 16.8. The van der Waals surface area contributed by atoms with Gasteiger partial charge in [0.1, 0.15) is 5.82 Å². The lowest BCUT2D eigenvalue weighted by Crippen LogP contribution is -2.27. The molecule has 1 amide bonds. The van der Waals surface area contributed by atoms with Gasteiger partial charge in [-0.1, -0.05) is 49.9 Å². The molecule has 0 aliphatic heterocycles. The Morgan fingerprint density at radius 2 is 2.04 bits per heavy atom. The molecular formula is C18H28N4OS. The van der Waals surface area contributed by atoms with Crippen molar-refractivity contribution in [2.75, 3.05) is 5.75 Å². The molecular weight excluding hydrogens is 320 g/mol. The molecule has 0 spiro atoms. The summed E-state index contributed by atoms with van der Waals surface area (Å²) in [6.45, 7) is 4.55. The lowest BCUT2D eigenvalue weighted by atomic mass is 9.86. The van der Waals surface area contributed by atoms with Crippen LogP contribution in [0.25, 0.3) is 0 Å². The summed E-state index contributed by atoms with van der Waals surface area (Å²) in [5.41, 5.74) is 0. The number of hydrogen-bond acceptors (Lipinski definition) is 4. The SMILES string of the molecule is C=CCn1c(CCC2CCCCC2)nnc1SCC(=O)NC1CC1. The van der Waals surface area contributed by atoms with Crippen LogP contribution in [-0.4, -0.2) is 32.5 Å². The highest BCUT2D eigenvalue weighted by Gasteiger charge is 2.23. The normalized spacial score (nSPS) is 18.5. The molecule has 2 aliphatic rings. The molecule has 24 heavy (non-hydrogen) atoms. The molecule has 1 aromatic heterocycles. The molecule has 1 heterocycles. The van der Waals surface area contributed by atoms with Gasteiger partial charge >= 0.3 is 0 Å². The Labute approximate surface area is 148 Å². The molecule has 3 rings (SSSR count). The van der Waals surface area contributed by atoms with E-state index in [4.69, 9.17) is 0 Å². The van der Waals surface area contributed by atoms with Gasteiger partial charge in [0.05, 0.1) is 5.75 Å². The third-order valence-electron chi connectivity index (χ3n) is 4.88. The highest BCUT2D eigenvalue weighted by molar-refractivity contribution is 7.99. The second-order valence-electron chi connectivity index (χ2n) is 6.97. The minimum Gasteiger partial charge on any atom is -0.353 e. The van der Waals surface area contributed by atoms with Crippen LogP contribution in [0.5, 0.6) is 0 Å². The fourth-order valence-corrected chi connectivity index (χ4v) is 4.14. The van der Waals surface area contributed by atoms with Gasteiger partial charge in [0.15, 0.2) is 5.16 Å². The van der Waals surface area contributed by atoms with Crippen molar-refractivity contribution >= 4 is 17.7 Å². The topological polar surface area (TPSA) is 59.8 Å². The first kappa shape index (κ1) is 17.5. The predicted octanol–water partition coefficient (Wildman–Crippen LogP) is 3.35. The van der Waals surface area contributed by atoms with Crippen LogP contribution in [-0.2, 0) is 17.8 Å². The summed E-state index contributed by atoms with van der Waals surface area (Å²) in [6, 6.07) is 0.412. The fourth-order valence-electron chi connectivity index (χ4n) is 3.36. The number of thioether (sulfide) groups is 1. The fraction of sp³-hybridized carbons (Fsp3) is 0.722. The third kappa shape index (κ3) is 5.10.